The van der Waals surface area contributed by atoms with Crippen LogP contribution in [-0.4, -0.2) is 25.2 Å². The Kier molecular flexibility index (Phi) is 5.23. The van der Waals surface area contributed by atoms with Gasteiger partial charge in [-0.15, -0.1) is 0 Å². The molecule has 2 aromatic rings. The van der Waals surface area contributed by atoms with Crippen LogP contribution in [0.2, 0.25) is 5.02 Å². The molecule has 0 saturated carbocycles. The molecular formula is C17H20ClN3O. The lowest BCUT2D eigenvalue weighted by Gasteiger charge is -2.25. The first kappa shape index (κ1) is 16.5. The molecular weight excluding hydrogens is 298 g/mol. The van der Waals surface area contributed by atoms with Crippen LogP contribution in [0.1, 0.15) is 25.8 Å². The van der Waals surface area contributed by atoms with Crippen LogP contribution in [0.5, 0.6) is 0 Å². The summed E-state index contributed by atoms with van der Waals surface area (Å²) in [7, 11) is 1.71. The molecule has 0 amide bonds. The lowest BCUT2D eigenvalue weighted by atomic mass is 9.90. The summed E-state index contributed by atoms with van der Waals surface area (Å²) in [6.45, 7) is 5.82. The van der Waals surface area contributed by atoms with Gasteiger partial charge >= 0.3 is 0 Å². The van der Waals surface area contributed by atoms with E-state index in [4.69, 9.17) is 16.3 Å². The fraction of sp³-hybridized carbons (Fsp3) is 0.412. The van der Waals surface area contributed by atoms with Gasteiger partial charge in [0.15, 0.2) is 0 Å². The lowest BCUT2D eigenvalue weighted by Crippen LogP contribution is -2.25. The Morgan fingerprint density at radius 3 is 2.82 bits per heavy atom. The second-order valence-electron chi connectivity index (χ2n) is 6.09. The second-order valence-corrected chi connectivity index (χ2v) is 6.53. The summed E-state index contributed by atoms with van der Waals surface area (Å²) in [6.07, 6.45) is 0.949. The smallest absolute Gasteiger partial charge is 0.128 e. The number of rotatable bonds is 6. The highest BCUT2D eigenvalue weighted by atomic mass is 35.5. The van der Waals surface area contributed by atoms with E-state index >= 15 is 0 Å². The number of nitriles is 1. The maximum absolute atomic E-state index is 9.33. The highest BCUT2D eigenvalue weighted by Crippen LogP contribution is 2.25. The van der Waals surface area contributed by atoms with E-state index in [0.29, 0.717) is 16.4 Å². The first-order valence-corrected chi connectivity index (χ1v) is 7.56. The van der Waals surface area contributed by atoms with Gasteiger partial charge in [-0.05, 0) is 36.1 Å². The van der Waals surface area contributed by atoms with Crippen LogP contribution in [0.15, 0.2) is 24.3 Å². The normalized spacial score (nSPS) is 11.4. The molecule has 0 radical (unpaired) electrons. The molecule has 116 valence electrons. The Morgan fingerprint density at radius 2 is 2.14 bits per heavy atom. The highest BCUT2D eigenvalue weighted by molar-refractivity contribution is 6.31. The number of anilines is 1. The molecule has 0 atom stereocenters. The predicted molar refractivity (Wildman–Crippen MR) is 90.2 cm³/mol. The van der Waals surface area contributed by atoms with Gasteiger partial charge < -0.3 is 10.1 Å². The molecule has 1 aromatic carbocycles. The third kappa shape index (κ3) is 4.09. The molecule has 22 heavy (non-hydrogen) atoms. The van der Waals surface area contributed by atoms with Crippen LogP contribution in [0, 0.1) is 16.7 Å². The van der Waals surface area contributed by atoms with Gasteiger partial charge in [-0.25, -0.2) is 4.98 Å². The number of hydrogen-bond acceptors (Lipinski definition) is 4. The van der Waals surface area contributed by atoms with Crippen LogP contribution in [0.4, 0.5) is 5.82 Å². The predicted octanol–water partition coefficient (Wildman–Crippen LogP) is 4.23. The summed E-state index contributed by atoms with van der Waals surface area (Å²) in [5.41, 5.74) is 1.42. The number of hydrogen-bond donors (Lipinski definition) is 1. The van der Waals surface area contributed by atoms with Crippen LogP contribution in [-0.2, 0) is 4.74 Å². The van der Waals surface area contributed by atoms with E-state index in [0.717, 1.165) is 30.5 Å². The summed E-state index contributed by atoms with van der Waals surface area (Å²) in [6, 6.07) is 9.37. The van der Waals surface area contributed by atoms with Gasteiger partial charge in [-0.3, -0.25) is 0 Å². The number of pyridine rings is 1. The third-order valence-corrected chi connectivity index (χ3v) is 3.86. The summed E-state index contributed by atoms with van der Waals surface area (Å²) in [4.78, 5) is 4.56. The van der Waals surface area contributed by atoms with Gasteiger partial charge in [-0.1, -0.05) is 25.4 Å². The van der Waals surface area contributed by atoms with E-state index in [1.807, 2.05) is 6.07 Å². The van der Waals surface area contributed by atoms with Crippen molar-refractivity contribution < 1.29 is 4.74 Å². The Morgan fingerprint density at radius 1 is 1.36 bits per heavy atom. The van der Waals surface area contributed by atoms with E-state index in [9.17, 15) is 5.26 Å². The Hall–Kier alpha value is -1.83. The largest absolute Gasteiger partial charge is 0.385 e. The summed E-state index contributed by atoms with van der Waals surface area (Å²) in [5, 5.41) is 14.0. The quantitative estimate of drug-likeness (QED) is 0.866. The fourth-order valence-corrected chi connectivity index (χ4v) is 2.35. The minimum atomic E-state index is 0.0828. The van der Waals surface area contributed by atoms with E-state index < -0.39 is 0 Å². The summed E-state index contributed by atoms with van der Waals surface area (Å²) < 4.78 is 5.14. The first-order chi connectivity index (χ1) is 10.4. The van der Waals surface area contributed by atoms with Gasteiger partial charge in [0, 0.05) is 30.7 Å². The van der Waals surface area contributed by atoms with Gasteiger partial charge in [0.05, 0.1) is 17.1 Å². The van der Waals surface area contributed by atoms with Crippen LogP contribution < -0.4 is 5.32 Å². The van der Waals surface area contributed by atoms with E-state index in [1.165, 1.54) is 0 Å². The number of nitrogens with zero attached hydrogens (tertiary/aromatic N) is 2. The molecule has 0 spiro atoms. The molecule has 0 aliphatic carbocycles. The number of ether oxygens (including phenoxy) is 1. The fourth-order valence-electron chi connectivity index (χ4n) is 2.18. The zero-order valence-electron chi connectivity index (χ0n) is 13.1. The average molecular weight is 318 g/mol. The zero-order chi connectivity index (χ0) is 16.2. The monoisotopic (exact) mass is 317 g/mol. The van der Waals surface area contributed by atoms with Crippen LogP contribution in [0.3, 0.4) is 0 Å². The molecule has 0 aliphatic rings. The van der Waals surface area contributed by atoms with Gasteiger partial charge in [0.25, 0.3) is 0 Å². The van der Waals surface area contributed by atoms with Gasteiger partial charge in [-0.2, -0.15) is 5.26 Å². The molecule has 4 nitrogen and oxygen atoms in total. The first-order valence-electron chi connectivity index (χ1n) is 7.18. The molecule has 1 aromatic heterocycles. The highest BCUT2D eigenvalue weighted by Gasteiger charge is 2.18. The van der Waals surface area contributed by atoms with Crippen molar-refractivity contribution in [1.82, 2.24) is 4.98 Å². The molecule has 2 rings (SSSR count). The Bertz CT molecular complexity index is 707. The van der Waals surface area contributed by atoms with E-state index in [2.05, 4.69) is 30.2 Å². The van der Waals surface area contributed by atoms with Crippen molar-refractivity contribution in [1.29, 1.82) is 5.26 Å². The maximum atomic E-state index is 9.33. The zero-order valence-corrected chi connectivity index (χ0v) is 13.9. The van der Waals surface area contributed by atoms with Gasteiger partial charge in [0.1, 0.15) is 5.82 Å². The number of nitrogens with one attached hydrogen (secondary N) is 1. The van der Waals surface area contributed by atoms with Gasteiger partial charge in [0.2, 0.25) is 0 Å². The number of fused-ring (bicyclic) bond motifs is 1. The summed E-state index contributed by atoms with van der Waals surface area (Å²) in [5.74, 6) is 0.705. The molecule has 1 heterocycles. The number of halogens is 1. The van der Waals surface area contributed by atoms with Crippen molar-refractivity contribution >= 4 is 28.3 Å². The molecule has 1 N–H and O–H groups in total. The molecule has 5 heteroatoms. The minimum Gasteiger partial charge on any atom is -0.385 e. The molecule has 0 bridgehead atoms. The molecule has 0 unspecified atom stereocenters. The van der Waals surface area contributed by atoms with Crippen LogP contribution in [0.25, 0.3) is 10.9 Å². The van der Waals surface area contributed by atoms with Crippen molar-refractivity contribution in [3.63, 3.8) is 0 Å². The lowest BCUT2D eigenvalue weighted by molar-refractivity contribution is 0.157. The van der Waals surface area contributed by atoms with Crippen molar-refractivity contribution in [2.45, 2.75) is 20.3 Å². The standard InChI is InChI=1S/C17H20ClN3O/c1-17(2,6-7-22-3)11-20-16-8-12(10-19)14-9-13(18)4-5-15(14)21-16/h4-5,8-9H,6-7,11H2,1-3H3,(H,20,21). The minimum absolute atomic E-state index is 0.0828. The topological polar surface area (TPSA) is 57.9 Å². The van der Waals surface area contributed by atoms with E-state index in [1.54, 1.807) is 25.3 Å². The number of aromatic nitrogens is 1. The van der Waals surface area contributed by atoms with Crippen LogP contribution >= 0.6 is 11.6 Å². The third-order valence-electron chi connectivity index (χ3n) is 3.62. The number of methoxy groups -OCH3 is 1. The SMILES string of the molecule is COCCC(C)(C)CNc1cc(C#N)c2cc(Cl)ccc2n1. The van der Waals surface area contributed by atoms with Crippen molar-refractivity contribution in [2.24, 2.45) is 5.41 Å². The maximum Gasteiger partial charge on any atom is 0.128 e. The Balaban J connectivity index is 2.22. The number of benzene rings is 1. The van der Waals surface area contributed by atoms with Crippen molar-refractivity contribution in [2.75, 3.05) is 25.6 Å². The molecule has 0 saturated heterocycles. The van der Waals surface area contributed by atoms with E-state index in [-0.39, 0.29) is 5.41 Å². The Labute approximate surface area is 136 Å². The second kappa shape index (κ2) is 6.95. The summed E-state index contributed by atoms with van der Waals surface area (Å²) >= 11 is 5.99. The van der Waals surface area contributed by atoms with Crippen molar-refractivity contribution in [3.8, 4) is 6.07 Å². The molecule has 0 fully saturated rings. The average Bonchev–Trinajstić information content (AvgIpc) is 2.50. The molecule has 0 aliphatic heterocycles. The van der Waals surface area contributed by atoms with Crippen molar-refractivity contribution in [3.05, 3.63) is 34.9 Å².